The molecule has 0 radical (unpaired) electrons. The van der Waals surface area contributed by atoms with Crippen molar-refractivity contribution in [3.63, 3.8) is 0 Å². The van der Waals surface area contributed by atoms with Crippen molar-refractivity contribution in [2.75, 3.05) is 6.61 Å². The first-order chi connectivity index (χ1) is 9.78. The maximum absolute atomic E-state index is 12.0. The smallest absolute Gasteiger partial charge is 0.286 e. The average Bonchev–Trinajstić information content (AvgIpc) is 2.37. The lowest BCUT2D eigenvalue weighted by Crippen LogP contribution is -2.06. The van der Waals surface area contributed by atoms with Gasteiger partial charge in [0.05, 0.1) is 17.3 Å². The highest BCUT2D eigenvalue weighted by molar-refractivity contribution is 7.90. The Morgan fingerprint density at radius 2 is 2.24 bits per heavy atom. The molecule has 1 aromatic carbocycles. The number of fused-ring (bicyclic) bond motifs is 1. The third kappa shape index (κ3) is 3.23. The minimum atomic E-state index is -4.16. The van der Waals surface area contributed by atoms with Gasteiger partial charge in [0, 0.05) is 0 Å². The molecule has 0 saturated carbocycles. The summed E-state index contributed by atoms with van der Waals surface area (Å²) in [4.78, 5) is 3.12. The number of aliphatic imine (C=N–C) groups is 1. The van der Waals surface area contributed by atoms with Crippen molar-refractivity contribution >= 4 is 50.1 Å². The second kappa shape index (κ2) is 5.72. The average molecular weight is 352 g/mol. The van der Waals surface area contributed by atoms with Gasteiger partial charge in [0.2, 0.25) is 0 Å². The van der Waals surface area contributed by atoms with Crippen LogP contribution in [0.4, 0.5) is 5.69 Å². The van der Waals surface area contributed by atoms with Crippen LogP contribution in [0.5, 0.6) is 0 Å². The van der Waals surface area contributed by atoms with Gasteiger partial charge in [-0.05, 0) is 19.1 Å². The van der Waals surface area contributed by atoms with Crippen molar-refractivity contribution < 1.29 is 21.9 Å². The molecule has 114 valence electrons. The number of hydrogen-bond donors (Lipinski definition) is 1. The molecule has 1 atom stereocenters. The standard InChI is InChI=1S/C10H10ClN3O5S2/c1-2-19-6-14-20(15,16)9-4-10-8(3-7(9)11)12-5-13-21(10,17)18/h3-6H,2H2,1H3,(H,12,13,17,18). The minimum absolute atomic E-state index is 0.0789. The molecule has 0 bridgehead atoms. The summed E-state index contributed by atoms with van der Waals surface area (Å²) >= 11 is 5.88. The van der Waals surface area contributed by atoms with Crippen LogP contribution in [0.25, 0.3) is 0 Å². The van der Waals surface area contributed by atoms with Crippen LogP contribution in [0.3, 0.4) is 0 Å². The number of ether oxygens (including phenoxy) is 1. The molecule has 1 aromatic rings. The highest BCUT2D eigenvalue weighted by Gasteiger charge is 2.25. The van der Waals surface area contributed by atoms with Gasteiger partial charge >= 0.3 is 0 Å². The monoisotopic (exact) mass is 351 g/mol. The van der Waals surface area contributed by atoms with Crippen molar-refractivity contribution in [1.29, 1.82) is 0 Å². The number of benzene rings is 1. The van der Waals surface area contributed by atoms with Crippen molar-refractivity contribution in [3.05, 3.63) is 17.2 Å². The zero-order valence-electron chi connectivity index (χ0n) is 10.6. The Bertz CT molecular complexity index is 854. The van der Waals surface area contributed by atoms with Crippen molar-refractivity contribution in [3.8, 4) is 0 Å². The molecule has 8 nitrogen and oxygen atoms in total. The van der Waals surface area contributed by atoms with Crippen molar-refractivity contribution in [2.45, 2.75) is 16.7 Å². The molecule has 11 heteroatoms. The molecule has 21 heavy (non-hydrogen) atoms. The fourth-order valence-electron chi connectivity index (χ4n) is 1.46. The Balaban J connectivity index is 2.61. The molecule has 1 unspecified atom stereocenters. The summed E-state index contributed by atoms with van der Waals surface area (Å²) in [5, 5.41) is -0.170. The van der Waals surface area contributed by atoms with Crippen LogP contribution in [0, 0.1) is 0 Å². The van der Waals surface area contributed by atoms with E-state index in [2.05, 4.69) is 13.8 Å². The van der Waals surface area contributed by atoms with E-state index in [4.69, 9.17) is 16.3 Å². The van der Waals surface area contributed by atoms with E-state index in [1.54, 1.807) is 6.92 Å². The number of rotatable bonds is 4. The van der Waals surface area contributed by atoms with Crippen LogP contribution in [0.1, 0.15) is 6.92 Å². The fraction of sp³-hybridized carbons (Fsp3) is 0.200. The van der Waals surface area contributed by atoms with Gasteiger partial charge in [-0.3, -0.25) is 4.55 Å². The molecular formula is C10H10ClN3O5S2. The molecule has 1 aliphatic rings. The fourth-order valence-corrected chi connectivity index (χ4v) is 3.79. The normalized spacial score (nSPS) is 21.1. The first kappa shape index (κ1) is 15.9. The first-order valence-electron chi connectivity index (χ1n) is 5.53. The zero-order valence-corrected chi connectivity index (χ0v) is 13.0. The highest BCUT2D eigenvalue weighted by atomic mass is 35.5. The van der Waals surface area contributed by atoms with Crippen LogP contribution < -0.4 is 0 Å². The Morgan fingerprint density at radius 1 is 1.52 bits per heavy atom. The second-order valence-electron chi connectivity index (χ2n) is 3.74. The van der Waals surface area contributed by atoms with Crippen LogP contribution in [-0.4, -0.2) is 36.5 Å². The SMILES string of the molecule is CCOC=NS(=O)(=O)c1cc2c(cc1Cl)N=CN=S2(=O)O. The summed E-state index contributed by atoms with van der Waals surface area (Å²) in [6.07, 6.45) is 1.69. The van der Waals surface area contributed by atoms with E-state index in [0.29, 0.717) is 0 Å². The van der Waals surface area contributed by atoms with Gasteiger partial charge < -0.3 is 4.74 Å². The van der Waals surface area contributed by atoms with Gasteiger partial charge in [0.1, 0.15) is 16.1 Å². The number of nitrogens with zero attached hydrogens (tertiary/aromatic N) is 3. The van der Waals surface area contributed by atoms with E-state index in [0.717, 1.165) is 18.8 Å². The van der Waals surface area contributed by atoms with Crippen LogP contribution >= 0.6 is 11.6 Å². The minimum Gasteiger partial charge on any atom is -0.483 e. The van der Waals surface area contributed by atoms with Gasteiger partial charge in [-0.25, -0.2) is 9.20 Å². The molecule has 0 aliphatic carbocycles. The Morgan fingerprint density at radius 3 is 2.90 bits per heavy atom. The molecule has 0 aromatic heterocycles. The van der Waals surface area contributed by atoms with Gasteiger partial charge in [-0.1, -0.05) is 11.6 Å². The van der Waals surface area contributed by atoms with Gasteiger partial charge in [-0.15, -0.1) is 4.40 Å². The lowest BCUT2D eigenvalue weighted by Gasteiger charge is -2.12. The molecule has 1 N–H and O–H groups in total. The lowest BCUT2D eigenvalue weighted by atomic mass is 10.3. The van der Waals surface area contributed by atoms with E-state index in [-0.39, 0.29) is 22.2 Å². The first-order valence-corrected chi connectivity index (χ1v) is 8.82. The third-order valence-corrected chi connectivity index (χ3v) is 5.35. The number of hydrogen-bond acceptors (Lipinski definition) is 6. The van der Waals surface area contributed by atoms with E-state index in [1.165, 1.54) is 6.07 Å². The quantitative estimate of drug-likeness (QED) is 0.658. The summed E-state index contributed by atoms with van der Waals surface area (Å²) in [5.74, 6) is 0. The molecular weight excluding hydrogens is 342 g/mol. The van der Waals surface area contributed by atoms with Crippen LogP contribution in [0.15, 0.2) is 35.7 Å². The highest BCUT2D eigenvalue weighted by Crippen LogP contribution is 2.35. The zero-order chi connectivity index (χ0) is 15.7. The second-order valence-corrected chi connectivity index (χ2v) is 7.39. The Hall–Kier alpha value is -1.49. The Labute approximate surface area is 126 Å². The number of sulfonamides is 1. The molecule has 0 saturated heterocycles. The molecule has 1 aliphatic heterocycles. The summed E-state index contributed by atoms with van der Waals surface area (Å²) < 4.78 is 56.9. The Kier molecular flexibility index (Phi) is 4.33. The van der Waals surface area contributed by atoms with Gasteiger partial charge in [0.25, 0.3) is 10.0 Å². The summed E-state index contributed by atoms with van der Waals surface area (Å²) in [7, 11) is -7.91. The molecule has 2 rings (SSSR count). The maximum atomic E-state index is 12.0. The van der Waals surface area contributed by atoms with Crippen molar-refractivity contribution in [2.24, 2.45) is 13.8 Å². The topological polar surface area (TPSA) is 118 Å². The predicted molar refractivity (Wildman–Crippen MR) is 78.4 cm³/mol. The summed E-state index contributed by atoms with van der Waals surface area (Å²) in [5.41, 5.74) is 0.0789. The van der Waals surface area contributed by atoms with E-state index in [9.17, 15) is 17.2 Å². The molecule has 1 heterocycles. The van der Waals surface area contributed by atoms with Gasteiger partial charge in [-0.2, -0.15) is 12.8 Å². The van der Waals surface area contributed by atoms with Crippen molar-refractivity contribution in [1.82, 2.24) is 0 Å². The number of halogens is 1. The predicted octanol–water partition coefficient (Wildman–Crippen LogP) is 2.07. The van der Waals surface area contributed by atoms with E-state index < -0.39 is 24.9 Å². The van der Waals surface area contributed by atoms with E-state index in [1.807, 2.05) is 0 Å². The summed E-state index contributed by atoms with van der Waals surface area (Å²) in [6.45, 7) is 1.90. The van der Waals surface area contributed by atoms with E-state index >= 15 is 0 Å². The van der Waals surface area contributed by atoms with Crippen LogP contribution in [-0.2, 0) is 24.8 Å². The largest absolute Gasteiger partial charge is 0.483 e. The summed E-state index contributed by atoms with van der Waals surface area (Å²) in [6, 6.07) is 2.11. The molecule has 0 spiro atoms. The third-order valence-electron chi connectivity index (χ3n) is 2.39. The molecule has 0 fully saturated rings. The molecule has 0 amide bonds. The van der Waals surface area contributed by atoms with Crippen LogP contribution in [0.2, 0.25) is 5.02 Å². The lowest BCUT2D eigenvalue weighted by molar-refractivity contribution is 0.344. The van der Waals surface area contributed by atoms with Gasteiger partial charge in [0.15, 0.2) is 16.4 Å². The maximum Gasteiger partial charge on any atom is 0.286 e.